The van der Waals surface area contributed by atoms with Crippen LogP contribution in [0.1, 0.15) is 25.6 Å². The van der Waals surface area contributed by atoms with Crippen molar-refractivity contribution in [3.8, 4) is 17.1 Å². The maximum Gasteiger partial charge on any atom is 0.409 e. The third-order valence-electron chi connectivity index (χ3n) is 4.65. The molecule has 1 amide bonds. The summed E-state index contributed by atoms with van der Waals surface area (Å²) in [5, 5.41) is 10.3. The van der Waals surface area contributed by atoms with Gasteiger partial charge in [0.15, 0.2) is 11.8 Å². The summed E-state index contributed by atoms with van der Waals surface area (Å²) in [4.78, 5) is 22.2. The quantitative estimate of drug-likeness (QED) is 0.297. The molecule has 11 heteroatoms. The van der Waals surface area contributed by atoms with Crippen LogP contribution >= 0.6 is 24.0 Å². The van der Waals surface area contributed by atoms with Gasteiger partial charge in [0, 0.05) is 24.7 Å². The molecular formula is C19H28IN7O3. The number of hydrogen-bond donors (Lipinski definition) is 3. The zero-order valence-electron chi connectivity index (χ0n) is 17.1. The average molecular weight is 529 g/mol. The van der Waals surface area contributed by atoms with E-state index in [2.05, 4.69) is 25.5 Å². The molecule has 10 nitrogen and oxygen atoms in total. The molecule has 30 heavy (non-hydrogen) atoms. The number of nitrogens with one attached hydrogen (secondary N) is 2. The summed E-state index contributed by atoms with van der Waals surface area (Å²) >= 11 is 0. The van der Waals surface area contributed by atoms with Crippen molar-refractivity contribution in [2.75, 3.05) is 26.8 Å². The summed E-state index contributed by atoms with van der Waals surface area (Å²) in [7, 11) is 1.63. The summed E-state index contributed by atoms with van der Waals surface area (Å²) < 4.78 is 10.2. The minimum Gasteiger partial charge on any atom is -0.497 e. The number of H-pyrrole nitrogens is 1. The average Bonchev–Trinajstić information content (AvgIpc) is 3.22. The van der Waals surface area contributed by atoms with Crippen molar-refractivity contribution < 1.29 is 14.3 Å². The van der Waals surface area contributed by atoms with Crippen LogP contribution in [0.2, 0.25) is 0 Å². The highest BCUT2D eigenvalue weighted by atomic mass is 127. The van der Waals surface area contributed by atoms with Crippen molar-refractivity contribution in [3.05, 3.63) is 30.1 Å². The van der Waals surface area contributed by atoms with Crippen LogP contribution in [0.15, 0.2) is 29.3 Å². The number of methoxy groups -OCH3 is 1. The van der Waals surface area contributed by atoms with E-state index in [1.54, 1.807) is 18.9 Å². The van der Waals surface area contributed by atoms with Crippen molar-refractivity contribution in [1.29, 1.82) is 0 Å². The number of aromatic amines is 1. The van der Waals surface area contributed by atoms with Crippen molar-refractivity contribution in [3.63, 3.8) is 0 Å². The van der Waals surface area contributed by atoms with Crippen molar-refractivity contribution >= 4 is 36.0 Å². The molecule has 0 radical (unpaired) electrons. The first-order valence-electron chi connectivity index (χ1n) is 9.63. The van der Waals surface area contributed by atoms with E-state index < -0.39 is 0 Å². The first kappa shape index (κ1) is 23.7. The smallest absolute Gasteiger partial charge is 0.409 e. The number of ether oxygens (including phenoxy) is 2. The number of guanidine groups is 1. The third-order valence-corrected chi connectivity index (χ3v) is 4.65. The lowest BCUT2D eigenvalue weighted by Gasteiger charge is -2.31. The molecule has 0 unspecified atom stereocenters. The van der Waals surface area contributed by atoms with Gasteiger partial charge in [0.1, 0.15) is 18.1 Å². The molecule has 2 heterocycles. The van der Waals surface area contributed by atoms with E-state index in [1.165, 1.54) is 0 Å². The fourth-order valence-electron chi connectivity index (χ4n) is 3.07. The molecule has 4 N–H and O–H groups in total. The van der Waals surface area contributed by atoms with Crippen LogP contribution < -0.4 is 15.8 Å². The lowest BCUT2D eigenvalue weighted by molar-refractivity contribution is 0.0963. The molecular weight excluding hydrogens is 501 g/mol. The molecule has 0 atom stereocenters. The van der Waals surface area contributed by atoms with E-state index in [-0.39, 0.29) is 36.1 Å². The Morgan fingerprint density at radius 1 is 1.33 bits per heavy atom. The Kier molecular flexibility index (Phi) is 9.15. The molecule has 1 aromatic heterocycles. The Morgan fingerprint density at radius 3 is 2.67 bits per heavy atom. The van der Waals surface area contributed by atoms with Crippen LogP contribution in [0.4, 0.5) is 4.79 Å². The predicted octanol–water partition coefficient (Wildman–Crippen LogP) is 2.12. The number of halogens is 1. The number of hydrogen-bond acceptors (Lipinski definition) is 6. The molecule has 2 aromatic rings. The number of piperidine rings is 1. The van der Waals surface area contributed by atoms with Crippen LogP contribution in [-0.2, 0) is 11.3 Å². The first-order chi connectivity index (χ1) is 14.1. The fraction of sp³-hybridized carbons (Fsp3) is 0.474. The van der Waals surface area contributed by atoms with Gasteiger partial charge in [0.05, 0.1) is 13.7 Å². The van der Waals surface area contributed by atoms with E-state index in [9.17, 15) is 4.79 Å². The first-order valence-corrected chi connectivity index (χ1v) is 9.63. The summed E-state index contributed by atoms with van der Waals surface area (Å²) in [6.07, 6.45) is 1.32. The van der Waals surface area contributed by atoms with Crippen molar-refractivity contribution in [2.24, 2.45) is 10.7 Å². The minimum absolute atomic E-state index is 0. The van der Waals surface area contributed by atoms with Crippen LogP contribution in [0.5, 0.6) is 5.75 Å². The van der Waals surface area contributed by atoms with Gasteiger partial charge in [-0.1, -0.05) is 0 Å². The van der Waals surface area contributed by atoms with Gasteiger partial charge in [-0.05, 0) is 44.0 Å². The van der Waals surface area contributed by atoms with Crippen molar-refractivity contribution in [2.45, 2.75) is 32.4 Å². The minimum atomic E-state index is -0.259. The Bertz CT molecular complexity index is 833. The largest absolute Gasteiger partial charge is 0.497 e. The molecule has 1 saturated heterocycles. The Morgan fingerprint density at radius 2 is 2.03 bits per heavy atom. The Balaban J connectivity index is 0.00000320. The zero-order valence-corrected chi connectivity index (χ0v) is 19.5. The highest BCUT2D eigenvalue weighted by Crippen LogP contribution is 2.19. The van der Waals surface area contributed by atoms with Gasteiger partial charge in [-0.15, -0.1) is 24.0 Å². The number of aliphatic imine (C=N–C) groups is 1. The molecule has 0 aliphatic carbocycles. The van der Waals surface area contributed by atoms with Crippen LogP contribution in [0.3, 0.4) is 0 Å². The fourth-order valence-corrected chi connectivity index (χ4v) is 3.07. The SMILES string of the molecule is CCOC(=O)N1CCC(NC(N)=NCc2nc(-c3ccc(OC)cc3)n[nH]2)CC1.I. The molecule has 1 aromatic carbocycles. The lowest BCUT2D eigenvalue weighted by atomic mass is 10.1. The molecule has 0 bridgehead atoms. The molecule has 1 aliphatic heterocycles. The standard InChI is InChI=1S/C19H27N7O3.HI/c1-3-29-19(27)26-10-8-14(9-11-26)22-18(20)21-12-16-23-17(25-24-16)13-4-6-15(28-2)7-5-13;/h4-7,14H,3,8-12H2,1-2H3,(H3,20,21,22)(H,23,24,25);1H. The second-order valence-corrected chi connectivity index (χ2v) is 6.64. The highest BCUT2D eigenvalue weighted by Gasteiger charge is 2.23. The van der Waals surface area contributed by atoms with Gasteiger partial charge in [-0.3, -0.25) is 5.10 Å². The van der Waals surface area contributed by atoms with E-state index in [1.807, 2.05) is 24.3 Å². The number of carbonyl (C=O) groups excluding carboxylic acids is 1. The number of nitrogens with two attached hydrogens (primary N) is 1. The molecule has 0 saturated carbocycles. The third kappa shape index (κ3) is 6.47. The monoisotopic (exact) mass is 529 g/mol. The van der Waals surface area contributed by atoms with E-state index in [4.69, 9.17) is 15.2 Å². The van der Waals surface area contributed by atoms with Crippen molar-refractivity contribution in [1.82, 2.24) is 25.4 Å². The van der Waals surface area contributed by atoms with Gasteiger partial charge in [0.2, 0.25) is 0 Å². The number of rotatable bonds is 6. The summed E-state index contributed by atoms with van der Waals surface area (Å²) in [5.41, 5.74) is 6.89. The van der Waals surface area contributed by atoms with Gasteiger partial charge >= 0.3 is 6.09 Å². The van der Waals surface area contributed by atoms with Crippen LogP contribution in [-0.4, -0.2) is 65.0 Å². The van der Waals surface area contributed by atoms with E-state index in [0.717, 1.165) is 24.2 Å². The summed E-state index contributed by atoms with van der Waals surface area (Å²) in [6.45, 7) is 3.76. The summed E-state index contributed by atoms with van der Waals surface area (Å²) in [5.74, 6) is 2.34. The number of carbonyl (C=O) groups is 1. The van der Waals surface area contributed by atoms with Gasteiger partial charge < -0.3 is 25.4 Å². The highest BCUT2D eigenvalue weighted by molar-refractivity contribution is 14.0. The molecule has 1 aliphatic rings. The van der Waals surface area contributed by atoms with Crippen LogP contribution in [0.25, 0.3) is 11.4 Å². The number of likely N-dealkylation sites (tertiary alicyclic amines) is 1. The normalized spacial score (nSPS) is 14.7. The molecule has 164 valence electrons. The van der Waals surface area contributed by atoms with Crippen LogP contribution in [0, 0.1) is 0 Å². The Hall–Kier alpha value is -2.57. The maximum atomic E-state index is 11.7. The lowest BCUT2D eigenvalue weighted by Crippen LogP contribution is -2.48. The molecule has 3 rings (SSSR count). The number of amides is 1. The second kappa shape index (κ2) is 11.6. The molecule has 0 spiro atoms. The van der Waals surface area contributed by atoms with Gasteiger partial charge in [-0.25, -0.2) is 14.8 Å². The van der Waals surface area contributed by atoms with Gasteiger partial charge in [0.25, 0.3) is 0 Å². The number of nitrogens with zero attached hydrogens (tertiary/aromatic N) is 4. The van der Waals surface area contributed by atoms with E-state index >= 15 is 0 Å². The Labute approximate surface area is 192 Å². The predicted molar refractivity (Wildman–Crippen MR) is 124 cm³/mol. The van der Waals surface area contributed by atoms with Gasteiger partial charge in [-0.2, -0.15) is 5.10 Å². The zero-order chi connectivity index (χ0) is 20.6. The maximum absolute atomic E-state index is 11.7. The molecule has 1 fully saturated rings. The summed E-state index contributed by atoms with van der Waals surface area (Å²) in [6, 6.07) is 7.69. The number of benzene rings is 1. The second-order valence-electron chi connectivity index (χ2n) is 6.64. The number of aromatic nitrogens is 3. The van der Waals surface area contributed by atoms with E-state index in [0.29, 0.717) is 43.8 Å². The topological polar surface area (TPSA) is 131 Å².